The molecule has 0 spiro atoms. The highest BCUT2D eigenvalue weighted by Crippen LogP contribution is 2.42. The summed E-state index contributed by atoms with van der Waals surface area (Å²) in [5.41, 5.74) is 1.98. The average Bonchev–Trinajstić information content (AvgIpc) is 3.38. The lowest BCUT2D eigenvalue weighted by Gasteiger charge is -2.30. The fourth-order valence-electron chi connectivity index (χ4n) is 4.36. The van der Waals surface area contributed by atoms with Crippen LogP contribution in [0.15, 0.2) is 48.5 Å². The molecule has 1 heterocycles. The normalized spacial score (nSPS) is 16.8. The van der Waals surface area contributed by atoms with Gasteiger partial charge in [-0.25, -0.2) is 9.37 Å². The highest BCUT2D eigenvalue weighted by Gasteiger charge is 2.43. The number of nitrogens with zero attached hydrogens (tertiary/aromatic N) is 1. The van der Waals surface area contributed by atoms with Crippen molar-refractivity contribution in [3.05, 3.63) is 65.7 Å². The summed E-state index contributed by atoms with van der Waals surface area (Å²) in [5, 5.41) is 3.26. The van der Waals surface area contributed by atoms with E-state index in [2.05, 4.69) is 16.6 Å². The Morgan fingerprint density at radius 3 is 2.76 bits per heavy atom. The first-order valence-corrected chi connectivity index (χ1v) is 11.5. The monoisotopic (exact) mass is 411 g/mol. The molecular weight excluding hydrogens is 385 g/mol. The maximum Gasteiger partial charge on any atom is 0.231 e. The van der Waals surface area contributed by atoms with Crippen LogP contribution < -0.4 is 5.32 Å². The van der Waals surface area contributed by atoms with E-state index in [9.17, 15) is 9.18 Å². The van der Waals surface area contributed by atoms with Gasteiger partial charge >= 0.3 is 0 Å². The minimum Gasteiger partial charge on any atom is -0.345 e. The number of carbonyl (C=O) groups excluding carboxylic acids is 1. The molecule has 4 rings (SSSR count). The number of rotatable bonds is 7. The van der Waals surface area contributed by atoms with Crippen molar-refractivity contribution < 1.29 is 9.18 Å². The Kier molecular flexibility index (Phi) is 5.90. The van der Waals surface area contributed by atoms with Gasteiger partial charge in [-0.3, -0.25) is 4.79 Å². The van der Waals surface area contributed by atoms with Crippen LogP contribution in [0.4, 0.5) is 4.39 Å². The van der Waals surface area contributed by atoms with Crippen LogP contribution in [0.1, 0.15) is 49.5 Å². The molecule has 0 aliphatic heterocycles. The highest BCUT2D eigenvalue weighted by molar-refractivity contribution is 7.98. The van der Waals surface area contributed by atoms with Crippen molar-refractivity contribution in [3.63, 3.8) is 0 Å². The lowest BCUT2D eigenvalue weighted by Crippen LogP contribution is -2.44. The van der Waals surface area contributed by atoms with Crippen molar-refractivity contribution in [2.45, 2.75) is 43.6 Å². The Morgan fingerprint density at radius 2 is 2.03 bits per heavy atom. The Labute approximate surface area is 174 Å². The van der Waals surface area contributed by atoms with Crippen LogP contribution in [0.25, 0.3) is 11.0 Å². The molecule has 1 atom stereocenters. The number of hydrogen-bond donors (Lipinski definition) is 2. The molecule has 6 heteroatoms. The number of carbonyl (C=O) groups is 1. The number of H-pyrrole nitrogens is 1. The summed E-state index contributed by atoms with van der Waals surface area (Å²) >= 11 is 1.75. The summed E-state index contributed by atoms with van der Waals surface area (Å²) in [4.78, 5) is 21.6. The molecular formula is C23H26FN3OS. The molecule has 1 aliphatic rings. The van der Waals surface area contributed by atoms with E-state index in [0.29, 0.717) is 0 Å². The molecule has 152 valence electrons. The highest BCUT2D eigenvalue weighted by atomic mass is 32.2. The number of amides is 1. The Balaban J connectivity index is 1.64. The zero-order valence-electron chi connectivity index (χ0n) is 16.6. The fourth-order valence-corrected chi connectivity index (χ4v) is 4.83. The van der Waals surface area contributed by atoms with Gasteiger partial charge in [0.25, 0.3) is 0 Å². The molecule has 1 saturated carbocycles. The third kappa shape index (κ3) is 4.04. The van der Waals surface area contributed by atoms with Gasteiger partial charge in [-0.1, -0.05) is 37.1 Å². The van der Waals surface area contributed by atoms with Crippen LogP contribution in [-0.2, 0) is 10.2 Å². The second kappa shape index (κ2) is 8.57. The van der Waals surface area contributed by atoms with Gasteiger partial charge in [0.05, 0.1) is 22.5 Å². The number of fused-ring (bicyclic) bond motifs is 1. The topological polar surface area (TPSA) is 57.8 Å². The van der Waals surface area contributed by atoms with Gasteiger partial charge in [0.1, 0.15) is 11.6 Å². The number of halogens is 1. The molecule has 1 amide bonds. The van der Waals surface area contributed by atoms with Crippen LogP contribution >= 0.6 is 11.8 Å². The van der Waals surface area contributed by atoms with Crippen molar-refractivity contribution in [1.82, 2.24) is 15.3 Å². The van der Waals surface area contributed by atoms with Gasteiger partial charge in [0, 0.05) is 0 Å². The van der Waals surface area contributed by atoms with Gasteiger partial charge in [0.15, 0.2) is 0 Å². The first-order chi connectivity index (χ1) is 14.1. The number of aromatic nitrogens is 2. The third-order valence-electron chi connectivity index (χ3n) is 5.92. The summed E-state index contributed by atoms with van der Waals surface area (Å²) in [6.45, 7) is 0. The number of hydrogen-bond acceptors (Lipinski definition) is 3. The van der Waals surface area contributed by atoms with E-state index >= 15 is 0 Å². The maximum atomic E-state index is 13.9. The minimum absolute atomic E-state index is 0.0211. The number of imidazole rings is 1. The second-order valence-electron chi connectivity index (χ2n) is 7.75. The average molecular weight is 412 g/mol. The summed E-state index contributed by atoms with van der Waals surface area (Å²) in [6, 6.07) is 14.2. The zero-order valence-corrected chi connectivity index (χ0v) is 17.4. The molecule has 1 aliphatic carbocycles. The number of benzene rings is 2. The lowest BCUT2D eigenvalue weighted by molar-refractivity contribution is -0.127. The summed E-state index contributed by atoms with van der Waals surface area (Å²) in [6.07, 6.45) is 6.29. The Morgan fingerprint density at radius 1 is 1.24 bits per heavy atom. The van der Waals surface area contributed by atoms with Crippen LogP contribution in [0.3, 0.4) is 0 Å². The molecule has 3 aromatic rings. The van der Waals surface area contributed by atoms with E-state index in [0.717, 1.165) is 60.3 Å². The van der Waals surface area contributed by atoms with Crippen molar-refractivity contribution >= 4 is 28.7 Å². The van der Waals surface area contributed by atoms with Crippen molar-refractivity contribution in [1.29, 1.82) is 0 Å². The summed E-state index contributed by atoms with van der Waals surface area (Å²) < 4.78 is 13.9. The second-order valence-corrected chi connectivity index (χ2v) is 8.73. The van der Waals surface area contributed by atoms with Crippen LogP contribution in [-0.4, -0.2) is 27.9 Å². The molecule has 0 saturated heterocycles. The van der Waals surface area contributed by atoms with Crippen molar-refractivity contribution in [3.8, 4) is 0 Å². The molecule has 1 fully saturated rings. The summed E-state index contributed by atoms with van der Waals surface area (Å²) in [5.74, 6) is 1.38. The first kappa shape index (κ1) is 20.0. The molecule has 29 heavy (non-hydrogen) atoms. The summed E-state index contributed by atoms with van der Waals surface area (Å²) in [7, 11) is 0. The predicted molar refractivity (Wildman–Crippen MR) is 117 cm³/mol. The number of thioether (sulfide) groups is 1. The predicted octanol–water partition coefficient (Wildman–Crippen LogP) is 5.12. The standard InChI is InChI=1S/C23H26FN3OS/c1-29-14-11-20(21-25-18-9-2-3-10-19(18)26-21)27-22(28)23(12-4-5-13-23)16-7-6-8-17(24)15-16/h2-3,6-10,15,20H,4-5,11-14H2,1H3,(H,25,26)(H,27,28)/t20-/m1/s1. The fraction of sp³-hybridized carbons (Fsp3) is 0.391. The van der Waals surface area contributed by atoms with Crippen LogP contribution in [0.5, 0.6) is 0 Å². The maximum absolute atomic E-state index is 13.9. The van der Waals surface area contributed by atoms with Crippen molar-refractivity contribution in [2.24, 2.45) is 0 Å². The van der Waals surface area contributed by atoms with Crippen LogP contribution in [0.2, 0.25) is 0 Å². The molecule has 4 nitrogen and oxygen atoms in total. The van der Waals surface area contributed by atoms with Crippen LogP contribution in [0, 0.1) is 5.82 Å². The Hall–Kier alpha value is -2.34. The van der Waals surface area contributed by atoms with Gasteiger partial charge < -0.3 is 10.3 Å². The van der Waals surface area contributed by atoms with Gasteiger partial charge in [0.2, 0.25) is 5.91 Å². The molecule has 0 bridgehead atoms. The zero-order chi connectivity index (χ0) is 20.3. The smallest absolute Gasteiger partial charge is 0.231 e. The number of nitrogens with one attached hydrogen (secondary N) is 2. The van der Waals surface area contributed by atoms with E-state index in [1.165, 1.54) is 12.1 Å². The number of para-hydroxylation sites is 2. The minimum atomic E-state index is -0.661. The van der Waals surface area contributed by atoms with Gasteiger partial charge in [-0.2, -0.15) is 11.8 Å². The molecule has 0 radical (unpaired) electrons. The van der Waals surface area contributed by atoms with Gasteiger partial charge in [-0.15, -0.1) is 0 Å². The quantitative estimate of drug-likeness (QED) is 0.567. The largest absolute Gasteiger partial charge is 0.345 e. The van der Waals surface area contributed by atoms with E-state index < -0.39 is 5.41 Å². The van der Waals surface area contributed by atoms with Crippen molar-refractivity contribution in [2.75, 3.05) is 12.0 Å². The molecule has 2 N–H and O–H groups in total. The van der Waals surface area contributed by atoms with E-state index in [1.807, 2.05) is 30.3 Å². The molecule has 0 unspecified atom stereocenters. The number of aromatic amines is 1. The molecule has 2 aromatic carbocycles. The SMILES string of the molecule is CSCC[C@@H](NC(=O)C1(c2cccc(F)c2)CCCC1)c1nc2ccccc2[nH]1. The third-order valence-corrected chi connectivity index (χ3v) is 6.57. The van der Waals surface area contributed by atoms with E-state index in [1.54, 1.807) is 17.8 Å². The molecule has 1 aromatic heterocycles. The first-order valence-electron chi connectivity index (χ1n) is 10.1. The Bertz CT molecular complexity index is 963. The van der Waals surface area contributed by atoms with E-state index in [4.69, 9.17) is 4.98 Å². The van der Waals surface area contributed by atoms with Gasteiger partial charge in [-0.05, 0) is 61.1 Å². The lowest BCUT2D eigenvalue weighted by atomic mass is 9.77. The van der Waals surface area contributed by atoms with E-state index in [-0.39, 0.29) is 17.8 Å².